The van der Waals surface area contributed by atoms with Crippen LogP contribution in [0.2, 0.25) is 0 Å². The summed E-state index contributed by atoms with van der Waals surface area (Å²) in [5.74, 6) is 2.07. The Balaban J connectivity index is 4.12. The zero-order valence-electron chi connectivity index (χ0n) is 10.0. The predicted molar refractivity (Wildman–Crippen MR) is 69.0 cm³/mol. The van der Waals surface area contributed by atoms with Gasteiger partial charge in [0.15, 0.2) is 0 Å². The van der Waals surface area contributed by atoms with E-state index in [9.17, 15) is 9.59 Å². The van der Waals surface area contributed by atoms with Gasteiger partial charge in [-0.2, -0.15) is 11.8 Å². The second kappa shape index (κ2) is 8.76. The second-order valence-electron chi connectivity index (χ2n) is 3.60. The van der Waals surface area contributed by atoms with Crippen molar-refractivity contribution in [3.63, 3.8) is 0 Å². The first-order valence-corrected chi connectivity index (χ1v) is 6.62. The molecule has 6 heteroatoms. The third kappa shape index (κ3) is 7.53. The summed E-state index contributed by atoms with van der Waals surface area (Å²) in [4.78, 5) is 22.3. The lowest BCUT2D eigenvalue weighted by Crippen LogP contribution is -2.48. The Morgan fingerprint density at radius 2 is 2.12 bits per heavy atom. The average molecular weight is 258 g/mol. The van der Waals surface area contributed by atoms with Gasteiger partial charge in [0.25, 0.3) is 0 Å². The number of hydrogen-bond donors (Lipinski definition) is 3. The fourth-order valence-corrected chi connectivity index (χ4v) is 1.62. The molecule has 96 valence electrons. The molecule has 17 heavy (non-hydrogen) atoms. The highest BCUT2D eigenvalue weighted by Gasteiger charge is 2.19. The van der Waals surface area contributed by atoms with Crippen LogP contribution in [-0.4, -0.2) is 41.2 Å². The molecule has 0 aliphatic rings. The molecule has 0 heterocycles. The van der Waals surface area contributed by atoms with Crippen LogP contribution in [0.1, 0.15) is 19.8 Å². The number of carbonyl (C=O) groups excluding carboxylic acids is 1. The highest BCUT2D eigenvalue weighted by atomic mass is 32.2. The van der Waals surface area contributed by atoms with Crippen molar-refractivity contribution in [1.29, 1.82) is 0 Å². The SMILES string of the molecule is C#CCC(C)NC(=O)N[C@H](CCSC)C(=O)O. The molecular formula is C11H18N2O3S. The fourth-order valence-electron chi connectivity index (χ4n) is 1.14. The Kier molecular flexibility index (Phi) is 8.07. The van der Waals surface area contributed by atoms with Crippen molar-refractivity contribution >= 4 is 23.8 Å². The molecule has 1 unspecified atom stereocenters. The lowest BCUT2D eigenvalue weighted by molar-refractivity contribution is -0.139. The molecule has 0 aromatic heterocycles. The van der Waals surface area contributed by atoms with Crippen molar-refractivity contribution in [3.8, 4) is 12.3 Å². The van der Waals surface area contributed by atoms with Gasteiger partial charge in [0.2, 0.25) is 0 Å². The average Bonchev–Trinajstić information content (AvgIpc) is 2.23. The number of terminal acetylenes is 1. The molecule has 0 aliphatic heterocycles. The number of carboxylic acid groups (broad SMARTS) is 1. The molecule has 2 atom stereocenters. The minimum atomic E-state index is -1.03. The summed E-state index contributed by atoms with van der Waals surface area (Å²) in [6, 6.07) is -1.53. The summed E-state index contributed by atoms with van der Waals surface area (Å²) in [5, 5.41) is 13.9. The summed E-state index contributed by atoms with van der Waals surface area (Å²) in [6.07, 6.45) is 7.79. The highest BCUT2D eigenvalue weighted by molar-refractivity contribution is 7.98. The van der Waals surface area contributed by atoms with Gasteiger partial charge >= 0.3 is 12.0 Å². The molecule has 0 fully saturated rings. The standard InChI is InChI=1S/C11H18N2O3S/c1-4-5-8(2)12-11(16)13-9(10(14)15)6-7-17-3/h1,8-9H,5-7H2,2-3H3,(H,14,15)(H2,12,13,16)/t8?,9-/m1/s1. The number of urea groups is 1. The maximum atomic E-state index is 11.4. The zero-order chi connectivity index (χ0) is 13.3. The van der Waals surface area contributed by atoms with Crippen molar-refractivity contribution < 1.29 is 14.7 Å². The lowest BCUT2D eigenvalue weighted by Gasteiger charge is -2.17. The van der Waals surface area contributed by atoms with E-state index in [0.717, 1.165) is 0 Å². The molecular weight excluding hydrogens is 240 g/mol. The third-order valence-corrected chi connectivity index (χ3v) is 2.66. The van der Waals surface area contributed by atoms with Gasteiger partial charge in [-0.15, -0.1) is 12.3 Å². The Hall–Kier alpha value is -1.35. The molecule has 3 N–H and O–H groups in total. The van der Waals surface area contributed by atoms with Gasteiger partial charge in [-0.25, -0.2) is 9.59 Å². The van der Waals surface area contributed by atoms with E-state index in [-0.39, 0.29) is 6.04 Å². The van der Waals surface area contributed by atoms with E-state index < -0.39 is 18.0 Å². The summed E-state index contributed by atoms with van der Waals surface area (Å²) >= 11 is 1.53. The fraction of sp³-hybridized carbons (Fsp3) is 0.636. The Morgan fingerprint density at radius 1 is 1.47 bits per heavy atom. The number of rotatable bonds is 7. The monoisotopic (exact) mass is 258 g/mol. The van der Waals surface area contributed by atoms with Gasteiger partial charge in [0, 0.05) is 12.5 Å². The normalized spacial score (nSPS) is 13.2. The maximum Gasteiger partial charge on any atom is 0.326 e. The smallest absolute Gasteiger partial charge is 0.326 e. The maximum absolute atomic E-state index is 11.4. The van der Waals surface area contributed by atoms with Gasteiger partial charge in [-0.1, -0.05) is 0 Å². The molecule has 0 aliphatic carbocycles. The highest BCUT2D eigenvalue weighted by Crippen LogP contribution is 2.01. The summed E-state index contributed by atoms with van der Waals surface area (Å²) < 4.78 is 0. The van der Waals surface area contributed by atoms with Crippen LogP contribution >= 0.6 is 11.8 Å². The van der Waals surface area contributed by atoms with Crippen LogP contribution in [0.4, 0.5) is 4.79 Å². The van der Waals surface area contributed by atoms with Crippen molar-refractivity contribution in [2.75, 3.05) is 12.0 Å². The first-order chi connectivity index (χ1) is 8.01. The number of aliphatic carboxylic acids is 1. The number of amides is 2. The molecule has 0 rings (SSSR count). The van der Waals surface area contributed by atoms with Crippen molar-refractivity contribution in [3.05, 3.63) is 0 Å². The van der Waals surface area contributed by atoms with Gasteiger partial charge in [0.05, 0.1) is 0 Å². The topological polar surface area (TPSA) is 78.4 Å². The number of thioether (sulfide) groups is 1. The molecule has 0 spiro atoms. The van der Waals surface area contributed by atoms with Crippen LogP contribution < -0.4 is 10.6 Å². The second-order valence-corrected chi connectivity index (χ2v) is 4.58. The number of carboxylic acids is 1. The first kappa shape index (κ1) is 15.7. The number of hydrogen-bond acceptors (Lipinski definition) is 3. The quantitative estimate of drug-likeness (QED) is 0.593. The largest absolute Gasteiger partial charge is 0.480 e. The van der Waals surface area contributed by atoms with E-state index in [4.69, 9.17) is 11.5 Å². The van der Waals surface area contributed by atoms with E-state index in [1.54, 1.807) is 6.92 Å². The Morgan fingerprint density at radius 3 is 2.59 bits per heavy atom. The Bertz CT molecular complexity index is 302. The van der Waals surface area contributed by atoms with Crippen LogP contribution in [0.3, 0.4) is 0 Å². The van der Waals surface area contributed by atoms with Gasteiger partial charge in [0.1, 0.15) is 6.04 Å². The molecule has 0 bridgehead atoms. The van der Waals surface area contributed by atoms with Gasteiger partial charge < -0.3 is 15.7 Å². The first-order valence-electron chi connectivity index (χ1n) is 5.23. The van der Waals surface area contributed by atoms with Crippen molar-refractivity contribution in [1.82, 2.24) is 10.6 Å². The molecule has 0 aromatic carbocycles. The van der Waals surface area contributed by atoms with Crippen LogP contribution in [0.15, 0.2) is 0 Å². The molecule has 2 amide bonds. The van der Waals surface area contributed by atoms with E-state index in [1.807, 2.05) is 6.26 Å². The van der Waals surface area contributed by atoms with Crippen molar-refractivity contribution in [2.45, 2.75) is 31.8 Å². The van der Waals surface area contributed by atoms with Crippen LogP contribution in [0, 0.1) is 12.3 Å². The minimum absolute atomic E-state index is 0.171. The lowest BCUT2D eigenvalue weighted by atomic mass is 10.2. The predicted octanol–water partition coefficient (Wildman–Crippen LogP) is 0.904. The van der Waals surface area contributed by atoms with Crippen molar-refractivity contribution in [2.24, 2.45) is 0 Å². The minimum Gasteiger partial charge on any atom is -0.480 e. The molecule has 0 saturated carbocycles. The number of carbonyl (C=O) groups is 2. The van der Waals surface area contributed by atoms with Crippen LogP contribution in [0.25, 0.3) is 0 Å². The molecule has 0 aromatic rings. The molecule has 5 nitrogen and oxygen atoms in total. The van der Waals surface area contributed by atoms with Gasteiger partial charge in [-0.05, 0) is 25.4 Å². The van der Waals surface area contributed by atoms with Crippen LogP contribution in [-0.2, 0) is 4.79 Å². The summed E-state index contributed by atoms with van der Waals surface area (Å²) in [6.45, 7) is 1.76. The molecule has 0 saturated heterocycles. The zero-order valence-corrected chi connectivity index (χ0v) is 10.8. The van der Waals surface area contributed by atoms with E-state index in [0.29, 0.717) is 18.6 Å². The van der Waals surface area contributed by atoms with Crippen LogP contribution in [0.5, 0.6) is 0 Å². The summed E-state index contributed by atoms with van der Waals surface area (Å²) in [5.41, 5.74) is 0. The molecule has 0 radical (unpaired) electrons. The van der Waals surface area contributed by atoms with Gasteiger partial charge in [-0.3, -0.25) is 0 Å². The Labute approximate surface area is 106 Å². The summed E-state index contributed by atoms with van der Waals surface area (Å²) in [7, 11) is 0. The third-order valence-electron chi connectivity index (χ3n) is 2.02. The van der Waals surface area contributed by atoms with E-state index in [2.05, 4.69) is 16.6 Å². The van der Waals surface area contributed by atoms with E-state index in [1.165, 1.54) is 11.8 Å². The number of nitrogens with one attached hydrogen (secondary N) is 2. The van der Waals surface area contributed by atoms with E-state index >= 15 is 0 Å².